The quantitative estimate of drug-likeness (QED) is 0.898. The summed E-state index contributed by atoms with van der Waals surface area (Å²) in [6.45, 7) is 0. The summed E-state index contributed by atoms with van der Waals surface area (Å²) in [4.78, 5) is 12.0. The molecule has 112 valence electrons. The van der Waals surface area contributed by atoms with Crippen LogP contribution in [-0.2, 0) is 4.79 Å². The third-order valence-corrected chi connectivity index (χ3v) is 3.79. The van der Waals surface area contributed by atoms with E-state index in [1.165, 1.54) is 12.8 Å². The monoisotopic (exact) mass is 298 g/mol. The predicted octanol–water partition coefficient (Wildman–Crippen LogP) is 2.96. The molecule has 0 aliphatic heterocycles. The molecule has 1 aromatic carbocycles. The lowest BCUT2D eigenvalue weighted by molar-refractivity contribution is -0.117. The number of ether oxygens (including phenoxy) is 1. The molecule has 2 atom stereocenters. The SMILES string of the molecule is COc1ccc(NC(=O)CC2CCCCC2N)cc1.Cl. The minimum Gasteiger partial charge on any atom is -0.497 e. The summed E-state index contributed by atoms with van der Waals surface area (Å²) in [6.07, 6.45) is 5.01. The van der Waals surface area contributed by atoms with Crippen LogP contribution in [0.2, 0.25) is 0 Å². The lowest BCUT2D eigenvalue weighted by Gasteiger charge is -2.27. The normalized spacial score (nSPS) is 21.7. The average molecular weight is 299 g/mol. The number of carbonyl (C=O) groups is 1. The molecule has 0 spiro atoms. The van der Waals surface area contributed by atoms with Crippen molar-refractivity contribution in [2.24, 2.45) is 11.7 Å². The molecule has 1 saturated carbocycles. The molecular formula is C15H23ClN2O2. The van der Waals surface area contributed by atoms with Gasteiger partial charge >= 0.3 is 0 Å². The Morgan fingerprint density at radius 3 is 2.55 bits per heavy atom. The second kappa shape index (κ2) is 8.12. The van der Waals surface area contributed by atoms with Crippen LogP contribution in [0, 0.1) is 5.92 Å². The van der Waals surface area contributed by atoms with Crippen molar-refractivity contribution in [1.29, 1.82) is 0 Å². The van der Waals surface area contributed by atoms with E-state index in [1.807, 2.05) is 24.3 Å². The Kier molecular flexibility index (Phi) is 6.82. The molecule has 0 bridgehead atoms. The fourth-order valence-corrected chi connectivity index (χ4v) is 2.61. The van der Waals surface area contributed by atoms with Gasteiger partial charge < -0.3 is 15.8 Å². The summed E-state index contributed by atoms with van der Waals surface area (Å²) in [5.41, 5.74) is 6.86. The summed E-state index contributed by atoms with van der Waals surface area (Å²) in [5.74, 6) is 1.16. The summed E-state index contributed by atoms with van der Waals surface area (Å²) in [7, 11) is 1.62. The van der Waals surface area contributed by atoms with E-state index in [0.717, 1.165) is 24.3 Å². The third-order valence-electron chi connectivity index (χ3n) is 3.79. The van der Waals surface area contributed by atoms with Crippen molar-refractivity contribution in [2.45, 2.75) is 38.1 Å². The number of anilines is 1. The standard InChI is InChI=1S/C15H22N2O2.ClH/c1-19-13-8-6-12(7-9-13)17-15(18)10-11-4-2-3-5-14(11)16;/h6-9,11,14H,2-5,10,16H2,1H3,(H,17,18);1H. The van der Waals surface area contributed by atoms with E-state index in [1.54, 1.807) is 7.11 Å². The second-order valence-electron chi connectivity index (χ2n) is 5.19. The van der Waals surface area contributed by atoms with Crippen molar-refractivity contribution < 1.29 is 9.53 Å². The van der Waals surface area contributed by atoms with Crippen LogP contribution in [0.15, 0.2) is 24.3 Å². The molecule has 1 aliphatic carbocycles. The number of halogens is 1. The highest BCUT2D eigenvalue weighted by atomic mass is 35.5. The van der Waals surface area contributed by atoms with Gasteiger partial charge in [0.2, 0.25) is 5.91 Å². The van der Waals surface area contributed by atoms with Crippen LogP contribution in [0.1, 0.15) is 32.1 Å². The van der Waals surface area contributed by atoms with Gasteiger partial charge in [0.05, 0.1) is 7.11 Å². The highest BCUT2D eigenvalue weighted by molar-refractivity contribution is 5.90. The van der Waals surface area contributed by atoms with Gasteiger partial charge in [-0.1, -0.05) is 12.8 Å². The Bertz CT molecular complexity index is 422. The van der Waals surface area contributed by atoms with Gasteiger partial charge in [0.15, 0.2) is 0 Å². The topological polar surface area (TPSA) is 64.3 Å². The molecule has 2 unspecified atom stereocenters. The van der Waals surface area contributed by atoms with Crippen LogP contribution in [-0.4, -0.2) is 19.1 Å². The maximum Gasteiger partial charge on any atom is 0.224 e. The highest BCUT2D eigenvalue weighted by Gasteiger charge is 2.24. The van der Waals surface area contributed by atoms with E-state index < -0.39 is 0 Å². The first kappa shape index (κ1) is 16.8. The fourth-order valence-electron chi connectivity index (χ4n) is 2.61. The smallest absolute Gasteiger partial charge is 0.224 e. The second-order valence-corrected chi connectivity index (χ2v) is 5.19. The number of methoxy groups -OCH3 is 1. The van der Waals surface area contributed by atoms with Crippen molar-refractivity contribution in [1.82, 2.24) is 0 Å². The Morgan fingerprint density at radius 1 is 1.30 bits per heavy atom. The first-order valence-corrected chi connectivity index (χ1v) is 6.88. The Morgan fingerprint density at radius 2 is 1.95 bits per heavy atom. The molecule has 1 amide bonds. The first-order valence-electron chi connectivity index (χ1n) is 6.88. The van der Waals surface area contributed by atoms with Crippen molar-refractivity contribution in [3.8, 4) is 5.75 Å². The van der Waals surface area contributed by atoms with E-state index in [4.69, 9.17) is 10.5 Å². The number of amides is 1. The Balaban J connectivity index is 0.00000200. The molecule has 0 radical (unpaired) electrons. The van der Waals surface area contributed by atoms with Gasteiger partial charge in [-0.25, -0.2) is 0 Å². The molecule has 20 heavy (non-hydrogen) atoms. The number of nitrogens with one attached hydrogen (secondary N) is 1. The van der Waals surface area contributed by atoms with Gasteiger partial charge in [0.25, 0.3) is 0 Å². The number of hydrogen-bond acceptors (Lipinski definition) is 3. The molecule has 0 saturated heterocycles. The molecule has 1 aliphatic rings. The molecule has 3 N–H and O–H groups in total. The van der Waals surface area contributed by atoms with Gasteiger partial charge in [-0.05, 0) is 43.0 Å². The van der Waals surface area contributed by atoms with Crippen LogP contribution < -0.4 is 15.8 Å². The van der Waals surface area contributed by atoms with Crippen molar-refractivity contribution in [2.75, 3.05) is 12.4 Å². The zero-order valence-electron chi connectivity index (χ0n) is 11.8. The van der Waals surface area contributed by atoms with Gasteiger partial charge in [0.1, 0.15) is 5.75 Å². The summed E-state index contributed by atoms with van der Waals surface area (Å²) in [5, 5.41) is 2.91. The first-order chi connectivity index (χ1) is 9.19. The third kappa shape index (κ3) is 4.69. The molecule has 1 fully saturated rings. The van der Waals surface area contributed by atoms with E-state index in [-0.39, 0.29) is 24.4 Å². The minimum atomic E-state index is 0. The van der Waals surface area contributed by atoms with E-state index in [9.17, 15) is 4.79 Å². The molecule has 2 rings (SSSR count). The number of rotatable bonds is 4. The molecule has 0 aromatic heterocycles. The van der Waals surface area contributed by atoms with E-state index >= 15 is 0 Å². The molecule has 4 nitrogen and oxygen atoms in total. The zero-order valence-corrected chi connectivity index (χ0v) is 12.6. The van der Waals surface area contributed by atoms with Crippen LogP contribution in [0.5, 0.6) is 5.75 Å². The summed E-state index contributed by atoms with van der Waals surface area (Å²) in [6, 6.07) is 7.54. The largest absolute Gasteiger partial charge is 0.497 e. The summed E-state index contributed by atoms with van der Waals surface area (Å²) < 4.78 is 5.08. The van der Waals surface area contributed by atoms with Crippen molar-refractivity contribution >= 4 is 24.0 Å². The van der Waals surface area contributed by atoms with E-state index in [2.05, 4.69) is 5.32 Å². The van der Waals surface area contributed by atoms with Gasteiger partial charge in [-0.15, -0.1) is 12.4 Å². The Hall–Kier alpha value is -1.26. The predicted molar refractivity (Wildman–Crippen MR) is 83.4 cm³/mol. The number of hydrogen-bond donors (Lipinski definition) is 2. The Labute approximate surface area is 126 Å². The van der Waals surface area contributed by atoms with Gasteiger partial charge in [0, 0.05) is 18.2 Å². The lowest BCUT2D eigenvalue weighted by Crippen LogP contribution is -2.35. The maximum atomic E-state index is 12.0. The van der Waals surface area contributed by atoms with Gasteiger partial charge in [-0.2, -0.15) is 0 Å². The molecule has 1 aromatic rings. The molecular weight excluding hydrogens is 276 g/mol. The number of benzene rings is 1. The highest BCUT2D eigenvalue weighted by Crippen LogP contribution is 2.26. The van der Waals surface area contributed by atoms with Crippen LogP contribution >= 0.6 is 12.4 Å². The molecule has 5 heteroatoms. The van der Waals surface area contributed by atoms with Crippen LogP contribution in [0.4, 0.5) is 5.69 Å². The number of carbonyl (C=O) groups excluding carboxylic acids is 1. The lowest BCUT2D eigenvalue weighted by atomic mass is 9.83. The fraction of sp³-hybridized carbons (Fsp3) is 0.533. The summed E-state index contributed by atoms with van der Waals surface area (Å²) >= 11 is 0. The maximum absolute atomic E-state index is 12.0. The van der Waals surface area contributed by atoms with Crippen molar-refractivity contribution in [3.05, 3.63) is 24.3 Å². The average Bonchev–Trinajstić information content (AvgIpc) is 2.42. The van der Waals surface area contributed by atoms with Crippen LogP contribution in [0.3, 0.4) is 0 Å². The number of nitrogens with two attached hydrogens (primary N) is 1. The van der Waals surface area contributed by atoms with Crippen LogP contribution in [0.25, 0.3) is 0 Å². The zero-order chi connectivity index (χ0) is 13.7. The molecule has 0 heterocycles. The minimum absolute atomic E-state index is 0. The van der Waals surface area contributed by atoms with E-state index in [0.29, 0.717) is 12.3 Å². The van der Waals surface area contributed by atoms with Crippen molar-refractivity contribution in [3.63, 3.8) is 0 Å². The van der Waals surface area contributed by atoms with Gasteiger partial charge in [-0.3, -0.25) is 4.79 Å².